The highest BCUT2D eigenvalue weighted by molar-refractivity contribution is 5.22. The third-order valence-electron chi connectivity index (χ3n) is 1.80. The van der Waals surface area contributed by atoms with Gasteiger partial charge in [-0.25, -0.2) is 0 Å². The lowest BCUT2D eigenvalue weighted by atomic mass is 10.1. The van der Waals surface area contributed by atoms with Gasteiger partial charge in [0.25, 0.3) is 0 Å². The van der Waals surface area contributed by atoms with Gasteiger partial charge in [-0.1, -0.05) is 19.9 Å². The molecule has 1 N–H and O–H groups in total. The fraction of sp³-hybridized carbons (Fsp3) is 0.545. The monoisotopic (exact) mass is 181 g/mol. The minimum atomic E-state index is 0.199. The zero-order valence-corrected chi connectivity index (χ0v) is 8.96. The molecule has 0 saturated heterocycles. The first-order valence-corrected chi connectivity index (χ1v) is 4.77. The van der Waals surface area contributed by atoms with E-state index in [1.165, 1.54) is 5.56 Å². The Hall–Kier alpha value is -0.890. The summed E-state index contributed by atoms with van der Waals surface area (Å²) in [6.45, 7) is 8.21. The highest BCUT2D eigenvalue weighted by Crippen LogP contribution is 2.06. The molecule has 2 nitrogen and oxygen atoms in total. The second-order valence-electron chi connectivity index (χ2n) is 2.72. The van der Waals surface area contributed by atoms with Crippen LogP contribution in [0.2, 0.25) is 0 Å². The lowest BCUT2D eigenvalue weighted by molar-refractivity contribution is 0.299. The van der Waals surface area contributed by atoms with Crippen LogP contribution in [0.1, 0.15) is 30.7 Å². The third-order valence-corrected chi connectivity index (χ3v) is 1.80. The first-order valence-electron chi connectivity index (χ1n) is 4.77. The number of nitrogens with zero attached hydrogens (tertiary/aromatic N) is 1. The van der Waals surface area contributed by atoms with E-state index in [-0.39, 0.29) is 6.61 Å². The highest BCUT2D eigenvalue weighted by atomic mass is 16.2. The molecule has 0 saturated carbocycles. The maximum Gasteiger partial charge on any atom is 0.0472 e. The Balaban J connectivity index is 0.000000671. The lowest BCUT2D eigenvalue weighted by Crippen LogP contribution is -1.94. The van der Waals surface area contributed by atoms with Crippen LogP contribution in [0.5, 0.6) is 0 Å². The molecule has 0 bridgehead atoms. The van der Waals surface area contributed by atoms with Crippen molar-refractivity contribution in [1.82, 2.24) is 4.98 Å². The number of pyridine rings is 1. The molecular weight excluding hydrogens is 162 g/mol. The minimum absolute atomic E-state index is 0.199. The Labute approximate surface area is 80.6 Å². The standard InChI is InChI=1S/C9H13NO.C2H6/c1-7-5-9(3-4-11)6-10-8(7)2;1-2/h5-6,11H,3-4H2,1-2H3;1-2H3. The number of hydrogen-bond acceptors (Lipinski definition) is 2. The van der Waals surface area contributed by atoms with Crippen LogP contribution < -0.4 is 0 Å². The van der Waals surface area contributed by atoms with Crippen LogP contribution in [0, 0.1) is 13.8 Å². The number of hydrogen-bond donors (Lipinski definition) is 1. The van der Waals surface area contributed by atoms with Crippen LogP contribution in [-0.2, 0) is 6.42 Å². The van der Waals surface area contributed by atoms with Gasteiger partial charge >= 0.3 is 0 Å². The van der Waals surface area contributed by atoms with E-state index >= 15 is 0 Å². The van der Waals surface area contributed by atoms with Gasteiger partial charge in [0, 0.05) is 18.5 Å². The number of aryl methyl sites for hydroxylation is 2. The quantitative estimate of drug-likeness (QED) is 0.759. The van der Waals surface area contributed by atoms with Crippen LogP contribution in [0.25, 0.3) is 0 Å². The minimum Gasteiger partial charge on any atom is -0.396 e. The van der Waals surface area contributed by atoms with Gasteiger partial charge in [0.2, 0.25) is 0 Å². The number of rotatable bonds is 2. The largest absolute Gasteiger partial charge is 0.396 e. The van der Waals surface area contributed by atoms with Crippen LogP contribution in [0.15, 0.2) is 12.3 Å². The van der Waals surface area contributed by atoms with Crippen molar-refractivity contribution in [3.05, 3.63) is 29.1 Å². The zero-order chi connectivity index (χ0) is 10.3. The van der Waals surface area contributed by atoms with Crippen LogP contribution >= 0.6 is 0 Å². The Morgan fingerprint density at radius 2 is 1.92 bits per heavy atom. The summed E-state index contributed by atoms with van der Waals surface area (Å²) < 4.78 is 0. The molecule has 1 aromatic heterocycles. The van der Waals surface area contributed by atoms with E-state index in [4.69, 9.17) is 5.11 Å². The van der Waals surface area contributed by atoms with Crippen molar-refractivity contribution in [1.29, 1.82) is 0 Å². The normalized spacial score (nSPS) is 9.00. The smallest absolute Gasteiger partial charge is 0.0472 e. The van der Waals surface area contributed by atoms with Gasteiger partial charge in [0.1, 0.15) is 0 Å². The highest BCUT2D eigenvalue weighted by Gasteiger charge is 1.95. The Morgan fingerprint density at radius 3 is 2.38 bits per heavy atom. The zero-order valence-electron chi connectivity index (χ0n) is 8.96. The van der Waals surface area contributed by atoms with Crippen LogP contribution in [0.4, 0.5) is 0 Å². The van der Waals surface area contributed by atoms with Gasteiger partial charge in [0.05, 0.1) is 0 Å². The van der Waals surface area contributed by atoms with E-state index in [9.17, 15) is 0 Å². The first-order chi connectivity index (χ1) is 6.24. The molecule has 0 aliphatic rings. The average Bonchev–Trinajstić information content (AvgIpc) is 2.15. The molecule has 0 aliphatic heterocycles. The summed E-state index contributed by atoms with van der Waals surface area (Å²) in [6.07, 6.45) is 2.52. The van der Waals surface area contributed by atoms with Crippen molar-refractivity contribution >= 4 is 0 Å². The summed E-state index contributed by atoms with van der Waals surface area (Å²) in [5.74, 6) is 0. The second kappa shape index (κ2) is 6.61. The summed E-state index contributed by atoms with van der Waals surface area (Å²) in [4.78, 5) is 4.19. The molecule has 0 aliphatic carbocycles. The SMILES string of the molecule is CC.Cc1cc(CCO)cnc1C. The van der Waals surface area contributed by atoms with Crippen molar-refractivity contribution in [2.24, 2.45) is 0 Å². The molecule has 0 amide bonds. The van der Waals surface area contributed by atoms with Gasteiger partial charge in [-0.05, 0) is 31.4 Å². The molecule has 0 atom stereocenters. The molecule has 0 radical (unpaired) electrons. The van der Waals surface area contributed by atoms with Gasteiger partial charge < -0.3 is 5.11 Å². The molecular formula is C11H19NO. The molecule has 1 heterocycles. The number of aromatic nitrogens is 1. The van der Waals surface area contributed by atoms with Crippen molar-refractivity contribution < 1.29 is 5.11 Å². The summed E-state index contributed by atoms with van der Waals surface area (Å²) in [6, 6.07) is 2.07. The van der Waals surface area contributed by atoms with Gasteiger partial charge in [-0.15, -0.1) is 0 Å². The predicted molar refractivity (Wildman–Crippen MR) is 55.8 cm³/mol. The molecule has 0 aromatic carbocycles. The van der Waals surface area contributed by atoms with Crippen molar-refractivity contribution in [2.45, 2.75) is 34.1 Å². The van der Waals surface area contributed by atoms with Crippen molar-refractivity contribution in [2.75, 3.05) is 6.61 Å². The van der Waals surface area contributed by atoms with Crippen molar-refractivity contribution in [3.63, 3.8) is 0 Å². The Kier molecular flexibility index (Phi) is 6.15. The lowest BCUT2D eigenvalue weighted by Gasteiger charge is -2.01. The van der Waals surface area contributed by atoms with E-state index < -0.39 is 0 Å². The fourth-order valence-corrected chi connectivity index (χ4v) is 0.967. The summed E-state index contributed by atoms with van der Waals surface area (Å²) in [7, 11) is 0. The fourth-order valence-electron chi connectivity index (χ4n) is 0.967. The van der Waals surface area contributed by atoms with Gasteiger partial charge in [0.15, 0.2) is 0 Å². The average molecular weight is 181 g/mol. The molecule has 2 heteroatoms. The summed E-state index contributed by atoms with van der Waals surface area (Å²) in [5, 5.41) is 8.65. The molecule has 13 heavy (non-hydrogen) atoms. The number of aliphatic hydroxyl groups is 1. The maximum atomic E-state index is 8.65. The number of aliphatic hydroxyl groups excluding tert-OH is 1. The first kappa shape index (κ1) is 12.1. The van der Waals surface area contributed by atoms with Crippen molar-refractivity contribution in [3.8, 4) is 0 Å². The van der Waals surface area contributed by atoms with Gasteiger partial charge in [-0.2, -0.15) is 0 Å². The molecule has 0 unspecified atom stereocenters. The maximum absolute atomic E-state index is 8.65. The summed E-state index contributed by atoms with van der Waals surface area (Å²) >= 11 is 0. The topological polar surface area (TPSA) is 33.1 Å². The summed E-state index contributed by atoms with van der Waals surface area (Å²) in [5.41, 5.74) is 3.36. The Bertz CT molecular complexity index is 246. The molecule has 1 aromatic rings. The van der Waals surface area contributed by atoms with Gasteiger partial charge in [-0.3, -0.25) is 4.98 Å². The molecule has 0 spiro atoms. The molecule has 0 fully saturated rings. The molecule has 74 valence electrons. The van der Waals surface area contributed by atoms with E-state index in [1.54, 1.807) is 0 Å². The van der Waals surface area contributed by atoms with Crippen LogP contribution in [-0.4, -0.2) is 16.7 Å². The van der Waals surface area contributed by atoms with E-state index in [2.05, 4.69) is 11.1 Å². The van der Waals surface area contributed by atoms with E-state index in [1.807, 2.05) is 33.9 Å². The Morgan fingerprint density at radius 1 is 1.31 bits per heavy atom. The predicted octanol–water partition coefficient (Wildman–Crippen LogP) is 2.26. The third kappa shape index (κ3) is 4.04. The van der Waals surface area contributed by atoms with E-state index in [0.29, 0.717) is 6.42 Å². The second-order valence-corrected chi connectivity index (χ2v) is 2.72. The van der Waals surface area contributed by atoms with Crippen LogP contribution in [0.3, 0.4) is 0 Å². The van der Waals surface area contributed by atoms with E-state index in [0.717, 1.165) is 11.3 Å². The molecule has 1 rings (SSSR count).